The van der Waals surface area contributed by atoms with Gasteiger partial charge in [-0.15, -0.1) is 10.2 Å². The zero-order valence-electron chi connectivity index (χ0n) is 24.6. The van der Waals surface area contributed by atoms with E-state index < -0.39 is 6.04 Å². The molecule has 1 aromatic heterocycles. The standard InChI is InChI=1S/C25H22N8O2.C5H14NO/c1-14-10-11-19(12-15(14)2)33-25(35)22(16(3)30-33)27-26-21-9-5-8-20(23(21)34)17-6-4-7-18(13-17)24-28-31-32-29-24;1-6(2,3)4-5-7/h4-13,22,34H,1-3H3,(H,28,29,31,32);7H,4-5H2,1-3H3/q;+1/p-1. The van der Waals surface area contributed by atoms with Gasteiger partial charge in [0.15, 0.2) is 6.04 Å². The van der Waals surface area contributed by atoms with Crippen LogP contribution in [-0.2, 0) is 4.79 Å². The lowest BCUT2D eigenvalue weighted by Gasteiger charge is -2.21. The zero-order chi connectivity index (χ0) is 30.4. The Kier molecular flexibility index (Phi) is 9.18. The average molecular weight is 570 g/mol. The molecular weight excluding hydrogens is 534 g/mol. The Balaban J connectivity index is 0.000000517. The van der Waals surface area contributed by atoms with Crippen LogP contribution in [0, 0.1) is 13.8 Å². The number of hydrogen-bond acceptors (Lipinski definition) is 9. The van der Waals surface area contributed by atoms with Gasteiger partial charge in [0, 0.05) is 5.56 Å². The SMILES string of the molecule is CC1=NN(c2ccc(C)c(C)c2)C(=O)C1N=Nc1cccc(-c2cccc(-c3nn[nH]n3)c2)c1[O-].C[N+](C)(C)CCO. The third-order valence-electron chi connectivity index (χ3n) is 6.65. The van der Waals surface area contributed by atoms with Gasteiger partial charge in [0.1, 0.15) is 6.54 Å². The normalized spacial score (nSPS) is 15.1. The quantitative estimate of drug-likeness (QED) is 0.255. The molecule has 2 N–H and O–H groups in total. The van der Waals surface area contributed by atoms with Gasteiger partial charge < -0.3 is 14.7 Å². The molecule has 0 radical (unpaired) electrons. The number of quaternary nitrogens is 1. The van der Waals surface area contributed by atoms with E-state index >= 15 is 0 Å². The molecule has 0 fully saturated rings. The largest absolute Gasteiger partial charge is 0.871 e. The fourth-order valence-corrected chi connectivity index (χ4v) is 4.09. The summed E-state index contributed by atoms with van der Waals surface area (Å²) < 4.78 is 0.844. The first-order valence-electron chi connectivity index (χ1n) is 13.4. The maximum Gasteiger partial charge on any atom is 0.280 e. The number of hydrogen-bond donors (Lipinski definition) is 2. The van der Waals surface area contributed by atoms with Crippen molar-refractivity contribution < 1.29 is 19.5 Å². The molecule has 218 valence electrons. The summed E-state index contributed by atoms with van der Waals surface area (Å²) in [6.45, 7) is 6.82. The number of aliphatic hydroxyl groups excluding tert-OH is 1. The molecule has 1 aliphatic rings. The summed E-state index contributed by atoms with van der Waals surface area (Å²) in [5, 5.41) is 49.6. The molecule has 4 aromatic rings. The Morgan fingerprint density at radius 1 is 1.00 bits per heavy atom. The molecular formula is C30H35N9O3. The second kappa shape index (κ2) is 12.8. The van der Waals surface area contributed by atoms with Gasteiger partial charge in [-0.25, -0.2) is 0 Å². The van der Waals surface area contributed by atoms with Crippen molar-refractivity contribution >= 4 is 23.0 Å². The Bertz CT molecular complexity index is 1610. The molecule has 0 bridgehead atoms. The zero-order valence-corrected chi connectivity index (χ0v) is 24.6. The summed E-state index contributed by atoms with van der Waals surface area (Å²) in [5.41, 5.74) is 5.36. The lowest BCUT2D eigenvalue weighted by Crippen LogP contribution is -2.36. The number of tetrazole rings is 1. The van der Waals surface area contributed by atoms with Crippen LogP contribution in [0.2, 0.25) is 0 Å². The van der Waals surface area contributed by atoms with Crippen molar-refractivity contribution in [2.75, 3.05) is 39.3 Å². The van der Waals surface area contributed by atoms with Crippen LogP contribution in [-0.4, -0.2) is 82.2 Å². The van der Waals surface area contributed by atoms with Gasteiger partial charge in [-0.05, 0) is 72.5 Å². The Hall–Kier alpha value is -4.81. The monoisotopic (exact) mass is 569 g/mol. The van der Waals surface area contributed by atoms with Crippen LogP contribution >= 0.6 is 0 Å². The highest BCUT2D eigenvalue weighted by atomic mass is 16.3. The first kappa shape index (κ1) is 30.2. The number of aryl methyl sites for hydroxylation is 2. The number of benzene rings is 3. The van der Waals surface area contributed by atoms with Crippen LogP contribution in [0.15, 0.2) is 76.0 Å². The lowest BCUT2D eigenvalue weighted by atomic mass is 10.0. The maximum atomic E-state index is 13.2. The van der Waals surface area contributed by atoms with Crippen molar-refractivity contribution in [1.29, 1.82) is 0 Å². The number of H-pyrrole nitrogens is 1. The Morgan fingerprint density at radius 3 is 2.38 bits per heavy atom. The molecule has 12 nitrogen and oxygen atoms in total. The summed E-state index contributed by atoms with van der Waals surface area (Å²) in [6, 6.07) is 17.1. The summed E-state index contributed by atoms with van der Waals surface area (Å²) in [7, 11) is 6.16. The molecule has 2 heterocycles. The number of para-hydroxylation sites is 1. The van der Waals surface area contributed by atoms with E-state index in [1.807, 2.05) is 50.2 Å². The van der Waals surface area contributed by atoms with E-state index in [4.69, 9.17) is 5.11 Å². The number of aliphatic hydroxyl groups is 1. The first-order chi connectivity index (χ1) is 20.0. The van der Waals surface area contributed by atoms with Gasteiger partial charge >= 0.3 is 0 Å². The molecule has 0 aliphatic carbocycles. The number of rotatable bonds is 7. The third kappa shape index (κ3) is 7.09. The fourth-order valence-electron chi connectivity index (χ4n) is 4.09. The van der Waals surface area contributed by atoms with Crippen molar-refractivity contribution in [3.05, 3.63) is 71.8 Å². The number of azo groups is 1. The van der Waals surface area contributed by atoms with Crippen LogP contribution in [0.5, 0.6) is 5.75 Å². The van der Waals surface area contributed by atoms with Crippen LogP contribution < -0.4 is 10.1 Å². The van der Waals surface area contributed by atoms with Crippen LogP contribution in [0.25, 0.3) is 22.5 Å². The minimum absolute atomic E-state index is 0.137. The van der Waals surface area contributed by atoms with Gasteiger partial charge in [0.05, 0.1) is 44.8 Å². The van der Waals surface area contributed by atoms with E-state index in [0.29, 0.717) is 28.4 Å². The highest BCUT2D eigenvalue weighted by molar-refractivity contribution is 6.18. The molecule has 0 saturated carbocycles. The summed E-state index contributed by atoms with van der Waals surface area (Å²) in [4.78, 5) is 13.0. The summed E-state index contributed by atoms with van der Waals surface area (Å²) in [6.07, 6.45) is 0. The lowest BCUT2D eigenvalue weighted by molar-refractivity contribution is -0.870. The third-order valence-corrected chi connectivity index (χ3v) is 6.65. The molecule has 12 heteroatoms. The van der Waals surface area contributed by atoms with Gasteiger partial charge in [0.25, 0.3) is 5.91 Å². The molecule has 0 saturated heterocycles. The molecule has 1 aliphatic heterocycles. The molecule has 1 unspecified atom stereocenters. The summed E-state index contributed by atoms with van der Waals surface area (Å²) >= 11 is 0. The van der Waals surface area contributed by atoms with Gasteiger partial charge in [-0.3, -0.25) is 4.79 Å². The first-order valence-corrected chi connectivity index (χ1v) is 13.4. The van der Waals surface area contributed by atoms with Crippen LogP contribution in [0.4, 0.5) is 11.4 Å². The number of nitrogens with zero attached hydrogens (tertiary/aromatic N) is 8. The van der Waals surface area contributed by atoms with E-state index in [-0.39, 0.29) is 24.0 Å². The molecule has 5 rings (SSSR count). The maximum absolute atomic E-state index is 13.2. The van der Waals surface area contributed by atoms with Crippen molar-refractivity contribution in [3.63, 3.8) is 0 Å². The highest BCUT2D eigenvalue weighted by Gasteiger charge is 2.34. The Morgan fingerprint density at radius 2 is 1.74 bits per heavy atom. The van der Waals surface area contributed by atoms with E-state index in [0.717, 1.165) is 27.7 Å². The predicted molar refractivity (Wildman–Crippen MR) is 159 cm³/mol. The molecule has 42 heavy (non-hydrogen) atoms. The number of nitrogens with one attached hydrogen (secondary N) is 1. The van der Waals surface area contributed by atoms with Crippen molar-refractivity contribution in [2.45, 2.75) is 26.8 Å². The van der Waals surface area contributed by atoms with E-state index in [2.05, 4.69) is 57.1 Å². The molecule has 3 aromatic carbocycles. The molecule has 1 amide bonds. The number of hydrazone groups is 1. The smallest absolute Gasteiger partial charge is 0.280 e. The Labute approximate surface area is 244 Å². The van der Waals surface area contributed by atoms with Gasteiger partial charge in [-0.2, -0.15) is 25.6 Å². The number of amides is 1. The van der Waals surface area contributed by atoms with Crippen molar-refractivity contribution in [3.8, 4) is 28.3 Å². The average Bonchev–Trinajstić information content (AvgIpc) is 3.58. The predicted octanol–water partition coefficient (Wildman–Crippen LogP) is 3.78. The number of anilines is 1. The van der Waals surface area contributed by atoms with Gasteiger partial charge in [-0.1, -0.05) is 42.1 Å². The molecule has 0 spiro atoms. The second-order valence-electron chi connectivity index (χ2n) is 11.0. The number of likely N-dealkylation sites (N-methyl/N-ethyl adjacent to an activating group) is 1. The minimum atomic E-state index is -0.888. The topological polar surface area (TPSA) is 155 Å². The fraction of sp³-hybridized carbons (Fsp3) is 0.300. The molecule has 1 atom stereocenters. The number of carbonyl (C=O) groups is 1. The van der Waals surface area contributed by atoms with Crippen LogP contribution in [0.3, 0.4) is 0 Å². The van der Waals surface area contributed by atoms with E-state index in [1.54, 1.807) is 31.2 Å². The van der Waals surface area contributed by atoms with Crippen molar-refractivity contribution in [2.24, 2.45) is 15.3 Å². The van der Waals surface area contributed by atoms with E-state index in [1.165, 1.54) is 5.01 Å². The van der Waals surface area contributed by atoms with Crippen molar-refractivity contribution in [1.82, 2.24) is 20.6 Å². The van der Waals surface area contributed by atoms with Gasteiger partial charge in [0.2, 0.25) is 5.82 Å². The summed E-state index contributed by atoms with van der Waals surface area (Å²) in [5.74, 6) is -0.184. The minimum Gasteiger partial charge on any atom is -0.871 e. The second-order valence-corrected chi connectivity index (χ2v) is 11.0. The van der Waals surface area contributed by atoms with E-state index in [9.17, 15) is 9.90 Å². The number of aromatic amines is 1. The highest BCUT2D eigenvalue weighted by Crippen LogP contribution is 2.36. The van der Waals surface area contributed by atoms with Crippen LogP contribution in [0.1, 0.15) is 18.1 Å². The number of aromatic nitrogens is 4. The number of carbonyl (C=O) groups excluding carboxylic acids is 1.